The number of carbonyl (C=O) groups is 1. The van der Waals surface area contributed by atoms with Crippen molar-refractivity contribution in [2.75, 3.05) is 0 Å². The summed E-state index contributed by atoms with van der Waals surface area (Å²) >= 11 is 0. The van der Waals surface area contributed by atoms with Crippen molar-refractivity contribution in [3.63, 3.8) is 0 Å². The minimum Gasteiger partial charge on any atom is -0.295 e. The summed E-state index contributed by atoms with van der Waals surface area (Å²) in [6.07, 6.45) is 4.40. The lowest BCUT2D eigenvalue weighted by Crippen LogP contribution is -2.53. The van der Waals surface area contributed by atoms with E-state index in [9.17, 15) is 14.4 Å². The van der Waals surface area contributed by atoms with Crippen molar-refractivity contribution in [2.45, 2.75) is 18.5 Å². The van der Waals surface area contributed by atoms with Crippen LogP contribution in [0.3, 0.4) is 0 Å². The van der Waals surface area contributed by atoms with Crippen LogP contribution in [0.5, 0.6) is 0 Å². The highest BCUT2D eigenvalue weighted by Crippen LogP contribution is 3.03. The maximum Gasteiger partial charge on any atom is 0.352 e. The Morgan fingerprint density at radius 1 is 0.885 bits per heavy atom. The highest BCUT2D eigenvalue weighted by atomic mass is 16.2. The van der Waals surface area contributed by atoms with E-state index in [0.717, 1.165) is 0 Å². The predicted octanol–water partition coefficient (Wildman–Crippen LogP) is 0.917. The van der Waals surface area contributed by atoms with Crippen molar-refractivity contribution in [1.82, 2.24) is 13.9 Å². The molecule has 4 fully saturated rings. The van der Waals surface area contributed by atoms with Crippen LogP contribution in [0.25, 0.3) is 5.69 Å². The van der Waals surface area contributed by atoms with Crippen LogP contribution in [0.1, 0.15) is 18.5 Å². The first kappa shape index (κ1) is 12.7. The maximum absolute atomic E-state index is 13.3. The number of rotatable bonds is 1. The molecule has 128 valence electrons. The van der Waals surface area contributed by atoms with Crippen molar-refractivity contribution in [3.8, 4) is 5.69 Å². The Labute approximate surface area is 147 Å². The summed E-state index contributed by atoms with van der Waals surface area (Å²) in [5.41, 5.74) is 0.0242. The molecule has 2 aliphatic heterocycles. The Morgan fingerprint density at radius 2 is 1.58 bits per heavy atom. The van der Waals surface area contributed by atoms with Crippen LogP contribution in [0.15, 0.2) is 52.1 Å². The van der Waals surface area contributed by atoms with Gasteiger partial charge in [-0.3, -0.25) is 4.79 Å². The molecule has 0 unspecified atom stereocenters. The summed E-state index contributed by atoms with van der Waals surface area (Å²) in [4.78, 5) is 38.9. The SMILES string of the molecule is O=C1C=C[C@@]23[C@H]4[C@H]5[C@@H]6[C@@H]5[C@@H]2[C@]3(C1)[C@@H]6n1c(=O)n(-c2ccccc2)c(=O)n14. The molecule has 2 spiro atoms. The molecular weight excluding hydrogens is 330 g/mol. The predicted molar refractivity (Wildman–Crippen MR) is 90.0 cm³/mol. The van der Waals surface area contributed by atoms with Gasteiger partial charge in [0.25, 0.3) is 0 Å². The average Bonchev–Trinajstić information content (AvgIpc) is 3.40. The highest BCUT2D eigenvalue weighted by molar-refractivity contribution is 5.93. The van der Waals surface area contributed by atoms with Crippen LogP contribution in [0.2, 0.25) is 0 Å². The fourth-order valence-electron chi connectivity index (χ4n) is 8.36. The first-order valence-corrected chi connectivity index (χ1v) is 9.38. The molecule has 0 saturated heterocycles. The van der Waals surface area contributed by atoms with E-state index in [1.807, 2.05) is 18.2 Å². The summed E-state index contributed by atoms with van der Waals surface area (Å²) in [6.45, 7) is 0. The maximum atomic E-state index is 13.3. The van der Waals surface area contributed by atoms with Gasteiger partial charge in [-0.2, -0.15) is 0 Å². The van der Waals surface area contributed by atoms with Gasteiger partial charge in [-0.15, -0.1) is 0 Å². The zero-order valence-electron chi connectivity index (χ0n) is 13.8. The Balaban J connectivity index is 1.48. The van der Waals surface area contributed by atoms with Gasteiger partial charge in [-0.05, 0) is 41.9 Å². The molecule has 26 heavy (non-hydrogen) atoms. The Kier molecular flexibility index (Phi) is 1.57. The number of aromatic nitrogens is 3. The van der Waals surface area contributed by atoms with Gasteiger partial charge in [0.2, 0.25) is 0 Å². The molecule has 6 nitrogen and oxygen atoms in total. The smallest absolute Gasteiger partial charge is 0.295 e. The van der Waals surface area contributed by atoms with Gasteiger partial charge < -0.3 is 0 Å². The van der Waals surface area contributed by atoms with E-state index in [0.29, 0.717) is 35.8 Å². The van der Waals surface area contributed by atoms with Crippen molar-refractivity contribution in [3.05, 3.63) is 63.5 Å². The summed E-state index contributed by atoms with van der Waals surface area (Å²) in [5.74, 6) is 2.30. The molecule has 3 heterocycles. The zero-order valence-corrected chi connectivity index (χ0v) is 13.8. The number of ketones is 1. The number of allylic oxidation sites excluding steroid dienone is 2. The van der Waals surface area contributed by atoms with Crippen LogP contribution in [-0.4, -0.2) is 19.7 Å². The number of nitrogens with zero attached hydrogens (tertiary/aromatic N) is 3. The Hall–Kier alpha value is -2.63. The third-order valence-corrected chi connectivity index (χ3v) is 8.68. The molecule has 2 aromatic rings. The lowest BCUT2D eigenvalue weighted by Gasteiger charge is -2.48. The van der Waals surface area contributed by atoms with E-state index in [-0.39, 0.29) is 40.1 Å². The summed E-state index contributed by atoms with van der Waals surface area (Å²) < 4.78 is 4.83. The second-order valence-electron chi connectivity index (χ2n) is 8.97. The lowest BCUT2D eigenvalue weighted by molar-refractivity contribution is -0.119. The van der Waals surface area contributed by atoms with Gasteiger partial charge in [-0.1, -0.05) is 24.3 Å². The number of hydrogen-bond acceptors (Lipinski definition) is 3. The first-order chi connectivity index (χ1) is 12.6. The molecular formula is C20H15N3O3. The van der Waals surface area contributed by atoms with Crippen LogP contribution >= 0.6 is 0 Å². The second kappa shape index (κ2) is 3.21. The molecule has 2 bridgehead atoms. The van der Waals surface area contributed by atoms with Gasteiger partial charge in [0.05, 0.1) is 17.8 Å². The van der Waals surface area contributed by atoms with Crippen molar-refractivity contribution in [1.29, 1.82) is 0 Å². The number of para-hydroxylation sites is 1. The second-order valence-corrected chi connectivity index (χ2v) is 8.97. The first-order valence-electron chi connectivity index (χ1n) is 9.38. The fourth-order valence-corrected chi connectivity index (χ4v) is 8.36. The minimum absolute atomic E-state index is 0.0200. The van der Waals surface area contributed by atoms with Gasteiger partial charge in [-0.25, -0.2) is 23.5 Å². The van der Waals surface area contributed by atoms with Gasteiger partial charge in [0.15, 0.2) is 5.78 Å². The number of carbonyl (C=O) groups excluding carboxylic acids is 1. The molecule has 0 N–H and O–H groups in total. The van der Waals surface area contributed by atoms with Crippen LogP contribution in [0.4, 0.5) is 0 Å². The van der Waals surface area contributed by atoms with Gasteiger partial charge in [0, 0.05) is 17.3 Å². The van der Waals surface area contributed by atoms with Crippen molar-refractivity contribution < 1.29 is 4.79 Å². The van der Waals surface area contributed by atoms with E-state index in [1.54, 1.807) is 27.6 Å². The normalized spacial score (nSPS) is 49.2. The highest BCUT2D eigenvalue weighted by Gasteiger charge is 3.03. The van der Waals surface area contributed by atoms with E-state index in [2.05, 4.69) is 6.08 Å². The molecule has 8 atom stereocenters. The topological polar surface area (TPSA) is 66.0 Å². The molecule has 9 rings (SSSR count). The number of benzene rings is 1. The molecule has 7 aliphatic rings. The molecule has 1 aromatic heterocycles. The fraction of sp³-hybridized carbons (Fsp3) is 0.450. The quantitative estimate of drug-likeness (QED) is 0.772. The summed E-state index contributed by atoms with van der Waals surface area (Å²) in [7, 11) is 0. The lowest BCUT2D eigenvalue weighted by atomic mass is 9.67. The van der Waals surface area contributed by atoms with Crippen molar-refractivity contribution >= 4 is 5.78 Å². The average molecular weight is 345 g/mol. The van der Waals surface area contributed by atoms with Gasteiger partial charge >= 0.3 is 11.4 Å². The third-order valence-electron chi connectivity index (χ3n) is 8.68. The Morgan fingerprint density at radius 3 is 2.35 bits per heavy atom. The molecule has 5 aliphatic carbocycles. The summed E-state index contributed by atoms with van der Waals surface area (Å²) in [6, 6.07) is 9.24. The Bertz CT molecular complexity index is 1230. The molecule has 0 radical (unpaired) electrons. The largest absolute Gasteiger partial charge is 0.352 e. The molecule has 4 saturated carbocycles. The van der Waals surface area contributed by atoms with E-state index in [1.165, 1.54) is 4.57 Å². The monoisotopic (exact) mass is 345 g/mol. The van der Waals surface area contributed by atoms with E-state index in [4.69, 9.17) is 0 Å². The van der Waals surface area contributed by atoms with Crippen LogP contribution in [-0.2, 0) is 4.79 Å². The van der Waals surface area contributed by atoms with E-state index >= 15 is 0 Å². The molecule has 1 aromatic carbocycles. The number of hydrogen-bond donors (Lipinski definition) is 0. The van der Waals surface area contributed by atoms with Gasteiger partial charge in [0.1, 0.15) is 0 Å². The third kappa shape index (κ3) is 0.863. The van der Waals surface area contributed by atoms with Crippen LogP contribution in [0, 0.1) is 34.5 Å². The summed E-state index contributed by atoms with van der Waals surface area (Å²) in [5, 5.41) is 0. The minimum atomic E-state index is -0.238. The zero-order chi connectivity index (χ0) is 17.2. The van der Waals surface area contributed by atoms with E-state index < -0.39 is 0 Å². The standard InChI is InChI=1S/C20H15N3O3/c24-10-6-7-19-14-11-12-13(11)16(20(14,19)8-10)23-18(26)21(9-4-2-1-3-5-9)17(25)22(23)15(12)19/h1-7,11-16H,8H2/t11-,12-,13+,14+,15-,16-,19+,20-/m1/s1. The van der Waals surface area contributed by atoms with Crippen molar-refractivity contribution in [2.24, 2.45) is 34.5 Å². The van der Waals surface area contributed by atoms with Crippen LogP contribution < -0.4 is 11.4 Å². The molecule has 6 heteroatoms. The molecule has 0 amide bonds.